The number of nitrogens with two attached hydrogens (primary N) is 1. The molecule has 0 spiro atoms. The second-order valence-electron chi connectivity index (χ2n) is 5.04. The number of rotatable bonds is 2. The van der Waals surface area contributed by atoms with Gasteiger partial charge in [0.05, 0.1) is 12.6 Å². The van der Waals surface area contributed by atoms with Crippen LogP contribution in [-0.4, -0.2) is 12.5 Å². The van der Waals surface area contributed by atoms with E-state index >= 15 is 0 Å². The van der Waals surface area contributed by atoms with E-state index in [1.54, 1.807) is 12.1 Å². The van der Waals surface area contributed by atoms with Crippen LogP contribution < -0.4 is 10.6 Å². The highest BCUT2D eigenvalue weighted by atomic mass is 79.9. The van der Waals surface area contributed by atoms with E-state index in [0.29, 0.717) is 18.1 Å². The van der Waals surface area contributed by atoms with E-state index in [4.69, 9.17) is 5.73 Å². The molecular formula is C16H15BrFN3. The number of para-hydroxylation sites is 1. The van der Waals surface area contributed by atoms with Crippen molar-refractivity contribution in [2.45, 2.75) is 13.0 Å². The largest absolute Gasteiger partial charge is 0.369 e. The zero-order chi connectivity index (χ0) is 15.0. The molecule has 1 aliphatic heterocycles. The van der Waals surface area contributed by atoms with Crippen molar-refractivity contribution in [3.8, 4) is 0 Å². The van der Waals surface area contributed by atoms with Crippen molar-refractivity contribution < 1.29 is 4.39 Å². The smallest absolute Gasteiger partial charge is 0.196 e. The number of benzene rings is 2. The van der Waals surface area contributed by atoms with Gasteiger partial charge in [0, 0.05) is 15.7 Å². The first-order valence-electron chi connectivity index (χ1n) is 6.67. The SMILES string of the molecule is Cc1ccccc1N1C(N)=NCC1c1cc(Br)ccc1F. The summed E-state index contributed by atoms with van der Waals surface area (Å²) in [5.74, 6) is 0.181. The summed E-state index contributed by atoms with van der Waals surface area (Å²) in [6, 6.07) is 12.6. The molecule has 2 aromatic carbocycles. The molecule has 1 heterocycles. The lowest BCUT2D eigenvalue weighted by atomic mass is 10.0. The van der Waals surface area contributed by atoms with Crippen LogP contribution in [0.3, 0.4) is 0 Å². The molecule has 21 heavy (non-hydrogen) atoms. The van der Waals surface area contributed by atoms with Gasteiger partial charge < -0.3 is 10.6 Å². The maximum Gasteiger partial charge on any atom is 0.196 e. The Labute approximate surface area is 131 Å². The zero-order valence-corrected chi connectivity index (χ0v) is 13.1. The molecule has 0 amide bonds. The van der Waals surface area contributed by atoms with Crippen LogP contribution in [0.5, 0.6) is 0 Å². The summed E-state index contributed by atoms with van der Waals surface area (Å²) in [6.07, 6.45) is 0. The zero-order valence-electron chi connectivity index (χ0n) is 11.6. The Balaban J connectivity index is 2.07. The van der Waals surface area contributed by atoms with Gasteiger partial charge >= 0.3 is 0 Å². The molecule has 0 aliphatic carbocycles. The average Bonchev–Trinajstić information content (AvgIpc) is 2.84. The summed E-state index contributed by atoms with van der Waals surface area (Å²) in [7, 11) is 0. The molecule has 3 nitrogen and oxygen atoms in total. The molecule has 0 fully saturated rings. The number of aliphatic imine (C=N–C) groups is 1. The van der Waals surface area contributed by atoms with Gasteiger partial charge in [-0.15, -0.1) is 0 Å². The predicted molar refractivity (Wildman–Crippen MR) is 87.0 cm³/mol. The van der Waals surface area contributed by atoms with Crippen LogP contribution in [0.2, 0.25) is 0 Å². The fourth-order valence-corrected chi connectivity index (χ4v) is 3.01. The third-order valence-electron chi connectivity index (χ3n) is 3.68. The normalized spacial score (nSPS) is 18.0. The number of nitrogens with zero attached hydrogens (tertiary/aromatic N) is 2. The Morgan fingerprint density at radius 2 is 2.05 bits per heavy atom. The van der Waals surface area contributed by atoms with Crippen molar-refractivity contribution in [2.75, 3.05) is 11.4 Å². The molecule has 108 valence electrons. The minimum Gasteiger partial charge on any atom is -0.369 e. The number of aryl methyl sites for hydroxylation is 1. The molecule has 2 aromatic rings. The summed E-state index contributed by atoms with van der Waals surface area (Å²) in [4.78, 5) is 6.20. The minimum atomic E-state index is -0.244. The first-order valence-corrected chi connectivity index (χ1v) is 7.47. The molecular weight excluding hydrogens is 333 g/mol. The highest BCUT2D eigenvalue weighted by Crippen LogP contribution is 2.35. The quantitative estimate of drug-likeness (QED) is 0.898. The maximum absolute atomic E-state index is 14.2. The minimum absolute atomic E-state index is 0.219. The van der Waals surface area contributed by atoms with Gasteiger partial charge in [0.25, 0.3) is 0 Å². The molecule has 0 saturated carbocycles. The first-order chi connectivity index (χ1) is 10.1. The van der Waals surface area contributed by atoms with Crippen LogP contribution in [0.25, 0.3) is 0 Å². The molecule has 0 aromatic heterocycles. The van der Waals surface area contributed by atoms with E-state index in [1.165, 1.54) is 6.07 Å². The molecule has 1 aliphatic rings. The fraction of sp³-hybridized carbons (Fsp3) is 0.188. The second kappa shape index (κ2) is 5.48. The monoisotopic (exact) mass is 347 g/mol. The topological polar surface area (TPSA) is 41.6 Å². The van der Waals surface area contributed by atoms with Gasteiger partial charge in [0.2, 0.25) is 0 Å². The van der Waals surface area contributed by atoms with Crippen molar-refractivity contribution in [1.29, 1.82) is 0 Å². The number of halogens is 2. The van der Waals surface area contributed by atoms with Gasteiger partial charge in [-0.1, -0.05) is 34.1 Å². The average molecular weight is 348 g/mol. The van der Waals surface area contributed by atoms with Crippen LogP contribution in [0.15, 0.2) is 51.9 Å². The van der Waals surface area contributed by atoms with Gasteiger partial charge in [0.15, 0.2) is 5.96 Å². The van der Waals surface area contributed by atoms with Crippen molar-refractivity contribution in [2.24, 2.45) is 10.7 Å². The Morgan fingerprint density at radius 3 is 2.81 bits per heavy atom. The number of anilines is 1. The van der Waals surface area contributed by atoms with Crippen molar-refractivity contribution >= 4 is 27.6 Å². The van der Waals surface area contributed by atoms with Crippen LogP contribution in [0.1, 0.15) is 17.2 Å². The Hall–Kier alpha value is -1.88. The summed E-state index contributed by atoms with van der Waals surface area (Å²) < 4.78 is 15.0. The molecule has 0 bridgehead atoms. The van der Waals surface area contributed by atoms with E-state index in [-0.39, 0.29) is 11.9 Å². The number of guanidine groups is 1. The molecule has 0 saturated heterocycles. The van der Waals surface area contributed by atoms with Crippen molar-refractivity contribution in [3.05, 3.63) is 63.9 Å². The standard InChI is InChI=1S/C16H15BrFN3/c1-10-4-2-3-5-14(10)21-15(9-20-16(21)19)12-8-11(17)6-7-13(12)18/h2-8,15H,9H2,1H3,(H2,19,20). The molecule has 2 N–H and O–H groups in total. The third-order valence-corrected chi connectivity index (χ3v) is 4.17. The molecule has 0 radical (unpaired) electrons. The van der Waals surface area contributed by atoms with E-state index < -0.39 is 0 Å². The van der Waals surface area contributed by atoms with Crippen LogP contribution in [0.4, 0.5) is 10.1 Å². The Bertz CT molecular complexity index is 714. The Kier molecular flexibility index (Phi) is 3.68. The lowest BCUT2D eigenvalue weighted by Gasteiger charge is -2.28. The summed E-state index contributed by atoms with van der Waals surface area (Å²) >= 11 is 3.40. The molecule has 3 rings (SSSR count). The molecule has 5 heteroatoms. The third kappa shape index (κ3) is 2.53. The van der Waals surface area contributed by atoms with E-state index in [9.17, 15) is 4.39 Å². The van der Waals surface area contributed by atoms with E-state index in [1.807, 2.05) is 36.1 Å². The van der Waals surface area contributed by atoms with Crippen molar-refractivity contribution in [1.82, 2.24) is 0 Å². The summed E-state index contributed by atoms with van der Waals surface area (Å²) in [6.45, 7) is 2.46. The van der Waals surface area contributed by atoms with Gasteiger partial charge in [-0.3, -0.25) is 4.99 Å². The fourth-order valence-electron chi connectivity index (χ4n) is 2.63. The highest BCUT2D eigenvalue weighted by molar-refractivity contribution is 9.10. The van der Waals surface area contributed by atoms with E-state index in [2.05, 4.69) is 20.9 Å². The predicted octanol–water partition coefficient (Wildman–Crippen LogP) is 3.77. The van der Waals surface area contributed by atoms with Crippen LogP contribution in [0, 0.1) is 12.7 Å². The van der Waals surface area contributed by atoms with Gasteiger partial charge in [0.1, 0.15) is 5.82 Å². The highest BCUT2D eigenvalue weighted by Gasteiger charge is 2.31. The van der Waals surface area contributed by atoms with Crippen molar-refractivity contribution in [3.63, 3.8) is 0 Å². The van der Waals surface area contributed by atoms with E-state index in [0.717, 1.165) is 15.7 Å². The molecule has 1 atom stereocenters. The van der Waals surface area contributed by atoms with Gasteiger partial charge in [-0.05, 0) is 36.8 Å². The lowest BCUT2D eigenvalue weighted by Crippen LogP contribution is -2.36. The van der Waals surface area contributed by atoms with Gasteiger partial charge in [-0.25, -0.2) is 4.39 Å². The summed E-state index contributed by atoms with van der Waals surface area (Å²) in [5.41, 5.74) is 8.67. The lowest BCUT2D eigenvalue weighted by molar-refractivity contribution is 0.589. The van der Waals surface area contributed by atoms with Crippen LogP contribution >= 0.6 is 15.9 Å². The number of hydrogen-bond acceptors (Lipinski definition) is 3. The Morgan fingerprint density at radius 1 is 1.29 bits per heavy atom. The van der Waals surface area contributed by atoms with Crippen LogP contribution in [-0.2, 0) is 0 Å². The summed E-state index contributed by atoms with van der Waals surface area (Å²) in [5, 5.41) is 0. The van der Waals surface area contributed by atoms with Gasteiger partial charge in [-0.2, -0.15) is 0 Å². The number of hydrogen-bond donors (Lipinski definition) is 1. The maximum atomic E-state index is 14.2. The second-order valence-corrected chi connectivity index (χ2v) is 5.95. The molecule has 1 unspecified atom stereocenters. The first kappa shape index (κ1) is 14.1.